The standard InChI is InChI=1S/C25H29ClN8OS/c1-16-10-20(31-24(30-16)35-21-7-5-4-6-19(21)26)22-12-29-25(36-22)32-23-13-27-17(11-28-23)14-34-9-8-18(15-34)33(2)3/h4-7,10-13,18,20H,8-9,14-15H2,1-3H3,(H,30,31)(H,28,29,32)/t18-,20?/m1/s1. The van der Waals surface area contributed by atoms with Crippen LogP contribution >= 0.6 is 22.9 Å². The maximum Gasteiger partial charge on any atom is 0.295 e. The van der Waals surface area contributed by atoms with E-state index in [4.69, 9.17) is 21.3 Å². The number of anilines is 2. The summed E-state index contributed by atoms with van der Waals surface area (Å²) in [4.78, 5) is 24.0. The number of aliphatic imine (C=N–C) groups is 1. The van der Waals surface area contributed by atoms with Gasteiger partial charge in [-0.1, -0.05) is 35.1 Å². The maximum atomic E-state index is 6.23. The molecule has 1 saturated heterocycles. The number of likely N-dealkylation sites (N-methyl/N-ethyl adjacent to an activating group) is 1. The number of aromatic nitrogens is 3. The third kappa shape index (κ3) is 6.01. The van der Waals surface area contributed by atoms with E-state index in [1.165, 1.54) is 17.8 Å². The highest BCUT2D eigenvalue weighted by molar-refractivity contribution is 7.15. The quantitative estimate of drug-likeness (QED) is 0.468. The Morgan fingerprint density at radius 3 is 2.81 bits per heavy atom. The number of hydrogen-bond donors (Lipinski definition) is 2. The van der Waals surface area contributed by atoms with Gasteiger partial charge in [0.05, 0.1) is 28.0 Å². The van der Waals surface area contributed by atoms with Gasteiger partial charge in [0.1, 0.15) is 11.8 Å². The Morgan fingerprint density at radius 1 is 1.19 bits per heavy atom. The molecular formula is C25H29ClN8OS. The zero-order valence-electron chi connectivity index (χ0n) is 20.5. The second-order valence-electron chi connectivity index (χ2n) is 9.11. The molecule has 2 N–H and O–H groups in total. The molecular weight excluding hydrogens is 496 g/mol. The van der Waals surface area contributed by atoms with Crippen molar-refractivity contribution >= 4 is 39.9 Å². The van der Waals surface area contributed by atoms with E-state index in [0.29, 0.717) is 28.7 Å². The summed E-state index contributed by atoms with van der Waals surface area (Å²) in [6.07, 6.45) is 8.64. The first kappa shape index (κ1) is 24.6. The van der Waals surface area contributed by atoms with Gasteiger partial charge in [-0.25, -0.2) is 15.0 Å². The van der Waals surface area contributed by atoms with E-state index < -0.39 is 0 Å². The summed E-state index contributed by atoms with van der Waals surface area (Å²) < 4.78 is 5.90. The highest BCUT2D eigenvalue weighted by atomic mass is 35.5. The maximum absolute atomic E-state index is 6.23. The molecule has 2 aliphatic heterocycles. The summed E-state index contributed by atoms with van der Waals surface area (Å²) in [6.45, 7) is 4.94. The number of hydrogen-bond acceptors (Lipinski definition) is 10. The van der Waals surface area contributed by atoms with Crippen LogP contribution in [0.5, 0.6) is 5.75 Å². The van der Waals surface area contributed by atoms with Crippen LogP contribution in [0.15, 0.2) is 59.6 Å². The number of allylic oxidation sites excluding steroid dienone is 1. The Kier molecular flexibility index (Phi) is 7.47. The number of nitrogens with one attached hydrogen (secondary N) is 2. The Morgan fingerprint density at radius 2 is 2.06 bits per heavy atom. The van der Waals surface area contributed by atoms with Gasteiger partial charge in [0, 0.05) is 37.6 Å². The molecule has 2 aliphatic rings. The van der Waals surface area contributed by atoms with Crippen molar-refractivity contribution in [2.45, 2.75) is 32.0 Å². The lowest BCUT2D eigenvalue weighted by Crippen LogP contribution is -2.31. The van der Waals surface area contributed by atoms with Crippen LogP contribution in [0.25, 0.3) is 0 Å². The second-order valence-corrected chi connectivity index (χ2v) is 10.6. The molecule has 2 aromatic heterocycles. The number of benzene rings is 1. The Labute approximate surface area is 219 Å². The molecule has 0 radical (unpaired) electrons. The SMILES string of the molecule is CC1=CC(c2cnc(Nc3cnc(CN4CC[C@@H](N(C)C)C4)cn3)s2)N=C(Oc2ccccc2Cl)N1. The minimum Gasteiger partial charge on any atom is -0.424 e. The highest BCUT2D eigenvalue weighted by Crippen LogP contribution is 2.32. The molecule has 0 saturated carbocycles. The van der Waals surface area contributed by atoms with Gasteiger partial charge in [0.25, 0.3) is 6.02 Å². The summed E-state index contributed by atoms with van der Waals surface area (Å²) >= 11 is 7.75. The third-order valence-electron chi connectivity index (χ3n) is 6.13. The second kappa shape index (κ2) is 10.9. The highest BCUT2D eigenvalue weighted by Gasteiger charge is 2.24. The number of halogens is 1. The summed E-state index contributed by atoms with van der Waals surface area (Å²) in [6, 6.07) is 8.11. The molecule has 5 rings (SSSR count). The van der Waals surface area contributed by atoms with Gasteiger partial charge in [-0.15, -0.1) is 0 Å². The Bertz CT molecular complexity index is 1260. The van der Waals surface area contributed by atoms with Crippen molar-refractivity contribution in [3.8, 4) is 5.75 Å². The van der Waals surface area contributed by atoms with Gasteiger partial charge in [0.2, 0.25) is 0 Å². The molecule has 1 aromatic carbocycles. The van der Waals surface area contributed by atoms with Crippen LogP contribution in [0.2, 0.25) is 5.02 Å². The zero-order chi connectivity index (χ0) is 25.1. The minimum atomic E-state index is -0.211. The fraction of sp³-hybridized carbons (Fsp3) is 0.360. The average molecular weight is 525 g/mol. The van der Waals surface area contributed by atoms with Gasteiger partial charge >= 0.3 is 0 Å². The number of likely N-dealkylation sites (tertiary alicyclic amines) is 1. The summed E-state index contributed by atoms with van der Waals surface area (Å²) in [5, 5.41) is 7.67. The van der Waals surface area contributed by atoms with Crippen LogP contribution in [0.3, 0.4) is 0 Å². The smallest absolute Gasteiger partial charge is 0.295 e. The molecule has 2 atom stereocenters. The number of para-hydroxylation sites is 1. The van der Waals surface area contributed by atoms with Gasteiger partial charge in [-0.3, -0.25) is 9.88 Å². The van der Waals surface area contributed by atoms with Crippen molar-refractivity contribution in [1.82, 2.24) is 30.1 Å². The van der Waals surface area contributed by atoms with Crippen molar-refractivity contribution < 1.29 is 4.74 Å². The van der Waals surface area contributed by atoms with E-state index >= 15 is 0 Å². The molecule has 0 spiro atoms. The molecule has 3 aromatic rings. The van der Waals surface area contributed by atoms with E-state index in [-0.39, 0.29) is 6.04 Å². The number of nitrogens with zero attached hydrogens (tertiary/aromatic N) is 6. The third-order valence-corrected chi connectivity index (χ3v) is 7.43. The Hall–Kier alpha value is -3.05. The van der Waals surface area contributed by atoms with Crippen molar-refractivity contribution in [3.05, 3.63) is 70.2 Å². The number of amidine groups is 1. The normalized spacial score (nSPS) is 20.1. The van der Waals surface area contributed by atoms with Gasteiger partial charge < -0.3 is 20.3 Å². The van der Waals surface area contributed by atoms with E-state index in [2.05, 4.69) is 49.5 Å². The fourth-order valence-electron chi connectivity index (χ4n) is 4.17. The van der Waals surface area contributed by atoms with Crippen molar-refractivity contribution in [2.75, 3.05) is 32.5 Å². The molecule has 188 valence electrons. The molecule has 36 heavy (non-hydrogen) atoms. The van der Waals surface area contributed by atoms with Crippen LogP contribution in [-0.4, -0.2) is 64.0 Å². The number of ether oxygens (including phenoxy) is 1. The van der Waals surface area contributed by atoms with Gasteiger partial charge in [-0.2, -0.15) is 0 Å². The van der Waals surface area contributed by atoms with Crippen molar-refractivity contribution in [3.63, 3.8) is 0 Å². The van der Waals surface area contributed by atoms with E-state index in [1.54, 1.807) is 12.3 Å². The lowest BCUT2D eigenvalue weighted by Gasteiger charge is -2.20. The molecule has 9 nitrogen and oxygen atoms in total. The summed E-state index contributed by atoms with van der Waals surface area (Å²) in [7, 11) is 4.28. The predicted octanol–water partition coefficient (Wildman–Crippen LogP) is 4.45. The van der Waals surface area contributed by atoms with E-state index in [0.717, 1.165) is 41.0 Å². The summed E-state index contributed by atoms with van der Waals surface area (Å²) in [5.74, 6) is 1.21. The molecule has 1 unspecified atom stereocenters. The largest absolute Gasteiger partial charge is 0.424 e. The first-order valence-corrected chi connectivity index (χ1v) is 13.0. The van der Waals surface area contributed by atoms with Crippen molar-refractivity contribution in [2.24, 2.45) is 4.99 Å². The molecule has 11 heteroatoms. The molecule has 0 aliphatic carbocycles. The average Bonchev–Trinajstić information content (AvgIpc) is 3.52. The van der Waals surface area contributed by atoms with Gasteiger partial charge in [-0.05, 0) is 45.6 Å². The van der Waals surface area contributed by atoms with Gasteiger partial charge in [0.15, 0.2) is 10.9 Å². The molecule has 0 amide bonds. The van der Waals surface area contributed by atoms with E-state index in [9.17, 15) is 0 Å². The first-order chi connectivity index (χ1) is 17.4. The van der Waals surface area contributed by atoms with Crippen LogP contribution in [0.1, 0.15) is 30.0 Å². The topological polar surface area (TPSA) is 90.8 Å². The number of thiazole rings is 1. The van der Waals surface area contributed by atoms with Crippen LogP contribution < -0.4 is 15.4 Å². The lowest BCUT2D eigenvalue weighted by atomic mass is 10.2. The Balaban J connectivity index is 1.21. The van der Waals surface area contributed by atoms with Crippen LogP contribution in [0, 0.1) is 0 Å². The molecule has 1 fully saturated rings. The van der Waals surface area contributed by atoms with Crippen LogP contribution in [0.4, 0.5) is 10.9 Å². The zero-order valence-corrected chi connectivity index (χ0v) is 22.1. The molecule has 4 heterocycles. The lowest BCUT2D eigenvalue weighted by molar-refractivity contribution is 0.263. The fourth-order valence-corrected chi connectivity index (χ4v) is 5.18. The predicted molar refractivity (Wildman–Crippen MR) is 144 cm³/mol. The molecule has 0 bridgehead atoms. The van der Waals surface area contributed by atoms with E-state index in [1.807, 2.05) is 43.6 Å². The van der Waals surface area contributed by atoms with Crippen molar-refractivity contribution in [1.29, 1.82) is 0 Å². The van der Waals surface area contributed by atoms with Crippen LogP contribution in [-0.2, 0) is 6.54 Å². The number of rotatable bonds is 7. The monoisotopic (exact) mass is 524 g/mol. The first-order valence-electron chi connectivity index (χ1n) is 11.8. The minimum absolute atomic E-state index is 0.211. The summed E-state index contributed by atoms with van der Waals surface area (Å²) in [5.41, 5.74) is 1.91.